The van der Waals surface area contributed by atoms with Crippen molar-refractivity contribution in [3.05, 3.63) is 64.5 Å². The first-order valence-corrected chi connectivity index (χ1v) is 7.70. The summed E-state index contributed by atoms with van der Waals surface area (Å²) in [6.45, 7) is 0.357. The second-order valence-corrected chi connectivity index (χ2v) is 5.85. The molecule has 0 aliphatic carbocycles. The van der Waals surface area contributed by atoms with Gasteiger partial charge in [0.2, 0.25) is 0 Å². The fourth-order valence-electron chi connectivity index (χ4n) is 2.90. The number of halogens is 1. The highest BCUT2D eigenvalue weighted by Crippen LogP contribution is 2.25. The normalized spacial score (nSPS) is 11.4. The minimum atomic E-state index is -0.383. The van der Waals surface area contributed by atoms with E-state index in [9.17, 15) is 19.4 Å². The number of benzene rings is 2. The Morgan fingerprint density at radius 3 is 2.76 bits per heavy atom. The third-order valence-electron chi connectivity index (χ3n) is 4.22. The number of H-pyrrole nitrogens is 1. The van der Waals surface area contributed by atoms with Gasteiger partial charge in [-0.1, -0.05) is 6.07 Å². The van der Waals surface area contributed by atoms with Crippen molar-refractivity contribution in [2.75, 3.05) is 0 Å². The van der Waals surface area contributed by atoms with E-state index in [4.69, 9.17) is 0 Å². The molecule has 2 aromatic carbocycles. The molecule has 0 spiro atoms. The van der Waals surface area contributed by atoms with E-state index in [-0.39, 0.29) is 22.9 Å². The zero-order chi connectivity index (χ0) is 17.6. The highest BCUT2D eigenvalue weighted by atomic mass is 19.1. The number of hydrogen-bond donors (Lipinski definition) is 3. The Labute approximate surface area is 140 Å². The quantitative estimate of drug-likeness (QED) is 0.501. The molecule has 25 heavy (non-hydrogen) atoms. The van der Waals surface area contributed by atoms with Crippen molar-refractivity contribution in [3.63, 3.8) is 0 Å². The van der Waals surface area contributed by atoms with Gasteiger partial charge in [-0.15, -0.1) is 0 Å². The smallest absolute Gasteiger partial charge is 0.277 e. The van der Waals surface area contributed by atoms with Crippen molar-refractivity contribution in [2.45, 2.75) is 13.0 Å². The van der Waals surface area contributed by atoms with Crippen LogP contribution in [0.15, 0.2) is 47.5 Å². The molecule has 0 bridgehead atoms. The van der Waals surface area contributed by atoms with Crippen molar-refractivity contribution in [3.8, 4) is 11.5 Å². The third-order valence-corrected chi connectivity index (χ3v) is 4.22. The summed E-state index contributed by atoms with van der Waals surface area (Å²) < 4.78 is 14.9. The number of aromatic amines is 1. The second kappa shape index (κ2) is 5.62. The number of aromatic nitrogens is 3. The third kappa shape index (κ3) is 2.59. The van der Waals surface area contributed by atoms with E-state index in [1.807, 2.05) is 0 Å². The molecular formula is C18H14FN3O3. The number of nitrogens with zero attached hydrogens (tertiary/aromatic N) is 2. The van der Waals surface area contributed by atoms with Gasteiger partial charge in [-0.25, -0.2) is 9.37 Å². The van der Waals surface area contributed by atoms with E-state index in [2.05, 4.69) is 9.97 Å². The van der Waals surface area contributed by atoms with Gasteiger partial charge < -0.3 is 15.2 Å². The molecule has 0 unspecified atom stereocenters. The Morgan fingerprint density at radius 2 is 1.96 bits per heavy atom. The summed E-state index contributed by atoms with van der Waals surface area (Å²) in [6.07, 6.45) is 1.92. The number of phenolic OH excluding ortho intramolecular Hbond substituents is 2. The van der Waals surface area contributed by atoms with Crippen LogP contribution in [0.1, 0.15) is 5.56 Å². The van der Waals surface area contributed by atoms with Gasteiger partial charge in [-0.3, -0.25) is 9.36 Å². The topological polar surface area (TPSA) is 91.1 Å². The summed E-state index contributed by atoms with van der Waals surface area (Å²) >= 11 is 0. The molecule has 2 heterocycles. The first-order valence-electron chi connectivity index (χ1n) is 7.70. The number of hydrogen-bond acceptors (Lipinski definition) is 4. The van der Waals surface area contributed by atoms with Gasteiger partial charge in [-0.2, -0.15) is 0 Å². The van der Waals surface area contributed by atoms with Crippen LogP contribution in [-0.2, 0) is 13.0 Å². The number of rotatable bonds is 3. The summed E-state index contributed by atoms with van der Waals surface area (Å²) in [5, 5.41) is 19.4. The van der Waals surface area contributed by atoms with Gasteiger partial charge in [0.05, 0.1) is 6.33 Å². The average Bonchev–Trinajstić information content (AvgIpc) is 2.96. The largest absolute Gasteiger partial charge is 0.504 e. The van der Waals surface area contributed by atoms with E-state index in [0.717, 1.165) is 5.56 Å². The number of aryl methyl sites for hydroxylation is 2. The zero-order valence-corrected chi connectivity index (χ0v) is 13.0. The maximum Gasteiger partial charge on any atom is 0.277 e. The molecule has 7 heteroatoms. The molecule has 6 nitrogen and oxygen atoms in total. The molecule has 0 saturated heterocycles. The highest BCUT2D eigenvalue weighted by molar-refractivity contribution is 6.04. The van der Waals surface area contributed by atoms with Crippen LogP contribution in [0.5, 0.6) is 11.5 Å². The van der Waals surface area contributed by atoms with Crippen LogP contribution in [0.25, 0.3) is 21.9 Å². The summed E-state index contributed by atoms with van der Waals surface area (Å²) in [6, 6.07) is 8.80. The van der Waals surface area contributed by atoms with E-state index < -0.39 is 0 Å². The van der Waals surface area contributed by atoms with Crippen LogP contribution >= 0.6 is 0 Å². The summed E-state index contributed by atoms with van der Waals surface area (Å²) in [5.74, 6) is -0.767. The van der Waals surface area contributed by atoms with Gasteiger partial charge in [0.1, 0.15) is 16.9 Å². The maximum atomic E-state index is 13.4. The van der Waals surface area contributed by atoms with Crippen molar-refractivity contribution < 1.29 is 14.6 Å². The maximum absolute atomic E-state index is 13.4. The Kier molecular flexibility index (Phi) is 3.42. The van der Waals surface area contributed by atoms with Crippen LogP contribution < -0.4 is 5.56 Å². The first kappa shape index (κ1) is 15.2. The molecule has 0 fully saturated rings. The molecule has 2 aromatic heterocycles. The van der Waals surface area contributed by atoms with Crippen LogP contribution in [0.4, 0.5) is 4.39 Å². The van der Waals surface area contributed by atoms with Crippen molar-refractivity contribution in [1.82, 2.24) is 14.5 Å². The summed E-state index contributed by atoms with van der Waals surface area (Å²) in [5.41, 5.74) is 1.96. The van der Waals surface area contributed by atoms with Crippen LogP contribution in [-0.4, -0.2) is 24.7 Å². The van der Waals surface area contributed by atoms with E-state index in [1.165, 1.54) is 35.2 Å². The Bertz CT molecular complexity index is 1160. The molecule has 0 saturated carbocycles. The molecule has 3 N–H and O–H groups in total. The Hall–Kier alpha value is -3.35. The number of nitrogens with one attached hydrogen (secondary N) is 1. The predicted molar refractivity (Wildman–Crippen MR) is 91.3 cm³/mol. The fourth-order valence-corrected chi connectivity index (χ4v) is 2.90. The fraction of sp³-hybridized carbons (Fsp3) is 0.111. The standard InChI is InChI=1S/C18H14FN3O3/c19-11-2-3-13-12(8-11)16-17(21-13)18(25)22(9-20-16)6-5-10-1-4-14(23)15(24)7-10/h1-4,7-9,21,23-24H,5-6H2. The lowest BCUT2D eigenvalue weighted by Crippen LogP contribution is -2.21. The first-order chi connectivity index (χ1) is 12.0. The molecule has 4 aromatic rings. The lowest BCUT2D eigenvalue weighted by atomic mass is 10.1. The van der Waals surface area contributed by atoms with Gasteiger partial charge >= 0.3 is 0 Å². The highest BCUT2D eigenvalue weighted by Gasteiger charge is 2.11. The Morgan fingerprint density at radius 1 is 1.12 bits per heavy atom. The van der Waals surface area contributed by atoms with Gasteiger partial charge in [0, 0.05) is 17.4 Å². The minimum absolute atomic E-state index is 0.186. The lowest BCUT2D eigenvalue weighted by molar-refractivity contribution is 0.403. The summed E-state index contributed by atoms with van der Waals surface area (Å²) in [4.78, 5) is 19.9. The molecule has 0 aliphatic rings. The minimum Gasteiger partial charge on any atom is -0.504 e. The van der Waals surface area contributed by atoms with E-state index >= 15 is 0 Å². The molecular weight excluding hydrogens is 325 g/mol. The van der Waals surface area contributed by atoms with Crippen LogP contribution in [0.3, 0.4) is 0 Å². The molecule has 0 atom stereocenters. The van der Waals surface area contributed by atoms with E-state index in [0.29, 0.717) is 34.9 Å². The molecule has 4 rings (SSSR count). The number of fused-ring (bicyclic) bond motifs is 3. The van der Waals surface area contributed by atoms with E-state index in [1.54, 1.807) is 12.1 Å². The predicted octanol–water partition coefficient (Wildman–Crippen LogP) is 2.67. The average molecular weight is 339 g/mol. The Balaban J connectivity index is 1.70. The lowest BCUT2D eigenvalue weighted by Gasteiger charge is -2.06. The number of phenols is 2. The van der Waals surface area contributed by atoms with Crippen molar-refractivity contribution in [2.24, 2.45) is 0 Å². The van der Waals surface area contributed by atoms with Crippen molar-refractivity contribution in [1.29, 1.82) is 0 Å². The number of aromatic hydroxyl groups is 2. The van der Waals surface area contributed by atoms with Gasteiger partial charge in [0.15, 0.2) is 11.5 Å². The van der Waals surface area contributed by atoms with Gasteiger partial charge in [0.25, 0.3) is 5.56 Å². The molecule has 0 radical (unpaired) electrons. The van der Waals surface area contributed by atoms with Gasteiger partial charge in [-0.05, 0) is 42.3 Å². The summed E-state index contributed by atoms with van der Waals surface area (Å²) in [7, 11) is 0. The van der Waals surface area contributed by atoms with Crippen molar-refractivity contribution >= 4 is 21.9 Å². The van der Waals surface area contributed by atoms with Crippen LogP contribution in [0, 0.1) is 5.82 Å². The molecule has 126 valence electrons. The SMILES string of the molecule is O=c1c2[nH]c3ccc(F)cc3c2ncn1CCc1ccc(O)c(O)c1. The zero-order valence-electron chi connectivity index (χ0n) is 13.0. The monoisotopic (exact) mass is 339 g/mol. The van der Waals surface area contributed by atoms with Crippen LogP contribution in [0.2, 0.25) is 0 Å². The molecule has 0 aliphatic heterocycles. The second-order valence-electron chi connectivity index (χ2n) is 5.85. The molecule has 0 amide bonds.